The van der Waals surface area contributed by atoms with Crippen LogP contribution in [0.15, 0.2) is 11.3 Å². The molecule has 0 bridgehead atoms. The zero-order valence-corrected chi connectivity index (χ0v) is 9.79. The Labute approximate surface area is 90.4 Å². The molecule has 0 saturated heterocycles. The highest BCUT2D eigenvalue weighted by molar-refractivity contribution is 5.63. The second-order valence-electron chi connectivity index (χ2n) is 4.97. The van der Waals surface area contributed by atoms with Crippen LogP contribution in [0, 0.1) is 5.41 Å². The molecule has 1 atom stereocenters. The summed E-state index contributed by atoms with van der Waals surface area (Å²) in [6.45, 7) is 8.38. The number of ether oxygens (including phenoxy) is 2. The van der Waals surface area contributed by atoms with Crippen molar-refractivity contribution in [2.24, 2.45) is 11.1 Å². The molecule has 1 aliphatic heterocycles. The van der Waals surface area contributed by atoms with Gasteiger partial charge in [0.25, 0.3) is 0 Å². The first-order valence-electron chi connectivity index (χ1n) is 5.13. The third kappa shape index (κ3) is 3.23. The van der Waals surface area contributed by atoms with Crippen LogP contribution in [0.1, 0.15) is 34.1 Å². The van der Waals surface area contributed by atoms with Crippen LogP contribution in [0.4, 0.5) is 4.79 Å². The average molecular weight is 213 g/mol. The van der Waals surface area contributed by atoms with Gasteiger partial charge >= 0.3 is 6.16 Å². The maximum atomic E-state index is 11.0. The molecule has 0 aromatic heterocycles. The van der Waals surface area contributed by atoms with Crippen LogP contribution in [0.5, 0.6) is 0 Å². The van der Waals surface area contributed by atoms with E-state index in [0.717, 1.165) is 5.57 Å². The third-order valence-electron chi connectivity index (χ3n) is 2.29. The lowest BCUT2D eigenvalue weighted by Crippen LogP contribution is -2.28. The number of carbonyl (C=O) groups excluding carboxylic acids is 1. The van der Waals surface area contributed by atoms with Gasteiger partial charge in [-0.3, -0.25) is 0 Å². The van der Waals surface area contributed by atoms with Gasteiger partial charge in [0.1, 0.15) is 12.4 Å². The highest BCUT2D eigenvalue weighted by Crippen LogP contribution is 2.33. The Morgan fingerprint density at radius 1 is 1.47 bits per heavy atom. The Morgan fingerprint density at radius 3 is 2.53 bits per heavy atom. The van der Waals surface area contributed by atoms with Crippen LogP contribution >= 0.6 is 0 Å². The summed E-state index contributed by atoms with van der Waals surface area (Å²) in [7, 11) is 0. The fourth-order valence-electron chi connectivity index (χ4n) is 1.50. The van der Waals surface area contributed by atoms with Gasteiger partial charge in [-0.15, -0.1) is 0 Å². The monoisotopic (exact) mass is 213 g/mol. The second kappa shape index (κ2) is 4.23. The van der Waals surface area contributed by atoms with Crippen molar-refractivity contribution in [3.05, 3.63) is 11.3 Å². The van der Waals surface area contributed by atoms with Crippen LogP contribution in [-0.2, 0) is 9.47 Å². The van der Waals surface area contributed by atoms with E-state index in [9.17, 15) is 4.79 Å². The molecule has 0 radical (unpaired) electrons. The van der Waals surface area contributed by atoms with Crippen molar-refractivity contribution in [1.29, 1.82) is 0 Å². The van der Waals surface area contributed by atoms with Gasteiger partial charge < -0.3 is 15.2 Å². The van der Waals surface area contributed by atoms with Crippen molar-refractivity contribution in [1.82, 2.24) is 0 Å². The van der Waals surface area contributed by atoms with Gasteiger partial charge in [-0.05, 0) is 12.3 Å². The predicted octanol–water partition coefficient (Wildman–Crippen LogP) is 2.19. The van der Waals surface area contributed by atoms with Crippen molar-refractivity contribution in [3.63, 3.8) is 0 Å². The normalized spacial score (nSPS) is 19.7. The van der Waals surface area contributed by atoms with E-state index in [0.29, 0.717) is 18.8 Å². The number of nitrogens with two attached hydrogens (primary N) is 1. The Morgan fingerprint density at radius 2 is 2.07 bits per heavy atom. The van der Waals surface area contributed by atoms with E-state index in [4.69, 9.17) is 15.2 Å². The highest BCUT2D eigenvalue weighted by Gasteiger charge is 2.29. The molecule has 0 aliphatic carbocycles. The van der Waals surface area contributed by atoms with E-state index in [2.05, 4.69) is 20.8 Å². The molecule has 0 saturated carbocycles. The van der Waals surface area contributed by atoms with E-state index < -0.39 is 6.16 Å². The Bertz CT molecular complexity index is 287. The van der Waals surface area contributed by atoms with Gasteiger partial charge in [0, 0.05) is 18.0 Å². The van der Waals surface area contributed by atoms with Gasteiger partial charge in [0.15, 0.2) is 0 Å². The maximum absolute atomic E-state index is 11.0. The smallest absolute Gasteiger partial charge is 0.429 e. The zero-order chi connectivity index (χ0) is 11.6. The van der Waals surface area contributed by atoms with Crippen molar-refractivity contribution >= 4 is 6.16 Å². The summed E-state index contributed by atoms with van der Waals surface area (Å²) in [6, 6.07) is -0.0248. The topological polar surface area (TPSA) is 61.5 Å². The fraction of sp³-hybridized carbons (Fsp3) is 0.727. The lowest BCUT2D eigenvalue weighted by molar-refractivity contribution is 0.0576. The second-order valence-corrected chi connectivity index (χ2v) is 4.97. The molecule has 0 aromatic carbocycles. The number of hydrogen-bond donors (Lipinski definition) is 1. The van der Waals surface area contributed by atoms with E-state index in [-0.39, 0.29) is 11.5 Å². The molecule has 1 aliphatic rings. The molecule has 1 heterocycles. The summed E-state index contributed by atoms with van der Waals surface area (Å²) in [6.07, 6.45) is -0.0551. The molecule has 0 spiro atoms. The molecule has 86 valence electrons. The maximum Gasteiger partial charge on any atom is 0.513 e. The summed E-state index contributed by atoms with van der Waals surface area (Å²) in [4.78, 5) is 11.0. The number of carbonyl (C=O) groups is 1. The van der Waals surface area contributed by atoms with Gasteiger partial charge in [-0.2, -0.15) is 0 Å². The van der Waals surface area contributed by atoms with Crippen LogP contribution in [-0.4, -0.2) is 18.8 Å². The molecule has 1 unspecified atom stereocenters. The first kappa shape index (κ1) is 12.0. The van der Waals surface area contributed by atoms with E-state index in [1.165, 1.54) is 0 Å². The molecule has 0 fully saturated rings. The van der Waals surface area contributed by atoms with Crippen LogP contribution in [0.25, 0.3) is 0 Å². The minimum atomic E-state index is -0.626. The zero-order valence-electron chi connectivity index (χ0n) is 9.79. The Balaban J connectivity index is 2.96. The van der Waals surface area contributed by atoms with Crippen LogP contribution in [0.2, 0.25) is 0 Å². The van der Waals surface area contributed by atoms with Crippen LogP contribution in [0.3, 0.4) is 0 Å². The van der Waals surface area contributed by atoms with Gasteiger partial charge in [0.05, 0.1) is 0 Å². The SMILES string of the molecule is CC(N)CC1=C(C(C)(C)C)COC(=O)O1. The van der Waals surface area contributed by atoms with Crippen molar-refractivity contribution in [3.8, 4) is 0 Å². The van der Waals surface area contributed by atoms with Crippen molar-refractivity contribution in [2.75, 3.05) is 6.61 Å². The minimum absolute atomic E-state index is 0.0248. The highest BCUT2D eigenvalue weighted by atomic mass is 16.7. The molecule has 1 rings (SSSR count). The van der Waals surface area contributed by atoms with Gasteiger partial charge in [-0.1, -0.05) is 20.8 Å². The summed E-state index contributed by atoms with van der Waals surface area (Å²) in [5.41, 5.74) is 6.66. The first-order chi connectivity index (χ1) is 6.80. The quantitative estimate of drug-likeness (QED) is 0.714. The van der Waals surface area contributed by atoms with Crippen LogP contribution < -0.4 is 5.73 Å². The molecule has 2 N–H and O–H groups in total. The molecular formula is C11H19NO3. The standard InChI is InChI=1S/C11H19NO3/c1-7(12)5-9-8(11(2,3)4)6-14-10(13)15-9/h7H,5-6,12H2,1-4H3. The molecule has 15 heavy (non-hydrogen) atoms. The predicted molar refractivity (Wildman–Crippen MR) is 57.2 cm³/mol. The number of cyclic esters (lactones) is 2. The minimum Gasteiger partial charge on any atom is -0.429 e. The van der Waals surface area contributed by atoms with Gasteiger partial charge in [0.2, 0.25) is 0 Å². The third-order valence-corrected chi connectivity index (χ3v) is 2.29. The fourth-order valence-corrected chi connectivity index (χ4v) is 1.50. The molecule has 0 aromatic rings. The molecule has 4 heteroatoms. The molecule has 4 nitrogen and oxygen atoms in total. The van der Waals surface area contributed by atoms with E-state index in [1.54, 1.807) is 0 Å². The number of hydrogen-bond acceptors (Lipinski definition) is 4. The molecular weight excluding hydrogens is 194 g/mol. The summed E-state index contributed by atoms with van der Waals surface area (Å²) in [5.74, 6) is 0.675. The van der Waals surface area contributed by atoms with E-state index in [1.807, 2.05) is 6.92 Å². The average Bonchev–Trinajstić information content (AvgIpc) is 1.99. The lowest BCUT2D eigenvalue weighted by Gasteiger charge is -2.29. The first-order valence-corrected chi connectivity index (χ1v) is 5.13. The lowest BCUT2D eigenvalue weighted by atomic mass is 9.85. The number of rotatable bonds is 2. The Hall–Kier alpha value is -1.03. The summed E-state index contributed by atoms with van der Waals surface area (Å²) in [5, 5.41) is 0. The summed E-state index contributed by atoms with van der Waals surface area (Å²) < 4.78 is 9.94. The van der Waals surface area contributed by atoms with E-state index >= 15 is 0 Å². The van der Waals surface area contributed by atoms with Gasteiger partial charge in [-0.25, -0.2) is 4.79 Å². The van der Waals surface area contributed by atoms with Crippen molar-refractivity contribution in [2.45, 2.75) is 40.2 Å². The summed E-state index contributed by atoms with van der Waals surface area (Å²) >= 11 is 0. The van der Waals surface area contributed by atoms with Crippen molar-refractivity contribution < 1.29 is 14.3 Å². The Kier molecular flexibility index (Phi) is 3.39. The largest absolute Gasteiger partial charge is 0.513 e. The molecule has 0 amide bonds.